The monoisotopic (exact) mass is 274 g/mol. The van der Waals surface area contributed by atoms with Crippen molar-refractivity contribution in [2.75, 3.05) is 19.6 Å². The van der Waals surface area contributed by atoms with Crippen molar-refractivity contribution in [2.45, 2.75) is 52.1 Å². The van der Waals surface area contributed by atoms with E-state index in [1.54, 1.807) is 0 Å². The van der Waals surface area contributed by atoms with Crippen LogP contribution in [0.2, 0.25) is 0 Å². The Morgan fingerprint density at radius 3 is 2.40 bits per heavy atom. The van der Waals surface area contributed by atoms with Crippen LogP contribution < -0.4 is 5.32 Å². The summed E-state index contributed by atoms with van der Waals surface area (Å²) in [5.74, 6) is 0.931. The van der Waals surface area contributed by atoms with Crippen LogP contribution in [0.3, 0.4) is 0 Å². The van der Waals surface area contributed by atoms with E-state index in [4.69, 9.17) is 0 Å². The van der Waals surface area contributed by atoms with Crippen LogP contribution >= 0.6 is 0 Å². The molecule has 0 aliphatic heterocycles. The highest BCUT2D eigenvalue weighted by atomic mass is 15.2. The molecule has 1 fully saturated rings. The molecule has 2 heteroatoms. The molecule has 0 spiro atoms. The van der Waals surface area contributed by atoms with Gasteiger partial charge in [0.15, 0.2) is 0 Å². The molecule has 1 saturated carbocycles. The van der Waals surface area contributed by atoms with Gasteiger partial charge in [0.05, 0.1) is 0 Å². The molecule has 1 aliphatic carbocycles. The second-order valence-electron chi connectivity index (χ2n) is 6.37. The standard InChI is InChI=1S/C18H30N2/c1-4-20(14-16-9-8-10-16)18(13-19-15(2)3)17-11-6-5-7-12-17/h5-7,11-12,15-16,18-19H,4,8-10,13-14H2,1-3H3. The van der Waals surface area contributed by atoms with Crippen molar-refractivity contribution in [2.24, 2.45) is 5.92 Å². The summed E-state index contributed by atoms with van der Waals surface area (Å²) in [6.07, 6.45) is 4.29. The number of nitrogens with one attached hydrogen (secondary N) is 1. The molecule has 1 atom stereocenters. The van der Waals surface area contributed by atoms with Gasteiger partial charge in [-0.15, -0.1) is 0 Å². The summed E-state index contributed by atoms with van der Waals surface area (Å²) in [6.45, 7) is 10.2. The number of benzene rings is 1. The Morgan fingerprint density at radius 2 is 1.90 bits per heavy atom. The van der Waals surface area contributed by atoms with Gasteiger partial charge >= 0.3 is 0 Å². The smallest absolute Gasteiger partial charge is 0.0472 e. The van der Waals surface area contributed by atoms with Gasteiger partial charge in [0, 0.05) is 25.2 Å². The fraction of sp³-hybridized carbons (Fsp3) is 0.667. The fourth-order valence-corrected chi connectivity index (χ4v) is 2.96. The zero-order chi connectivity index (χ0) is 14.4. The minimum absolute atomic E-state index is 0.504. The first-order valence-corrected chi connectivity index (χ1v) is 8.23. The molecule has 0 saturated heterocycles. The van der Waals surface area contributed by atoms with E-state index in [1.165, 1.54) is 31.4 Å². The molecule has 112 valence electrons. The maximum Gasteiger partial charge on any atom is 0.0472 e. The van der Waals surface area contributed by atoms with E-state index in [1.807, 2.05) is 0 Å². The molecule has 0 aromatic heterocycles. The molecule has 1 aromatic carbocycles. The molecule has 1 unspecified atom stereocenters. The van der Waals surface area contributed by atoms with Crippen LogP contribution in [0.1, 0.15) is 51.6 Å². The molecule has 1 aliphatic rings. The second kappa shape index (κ2) is 7.80. The van der Waals surface area contributed by atoms with Gasteiger partial charge in [0.2, 0.25) is 0 Å². The molecule has 1 aromatic rings. The van der Waals surface area contributed by atoms with Crippen LogP contribution in [-0.4, -0.2) is 30.6 Å². The average Bonchev–Trinajstić information content (AvgIpc) is 2.41. The Morgan fingerprint density at radius 1 is 1.20 bits per heavy atom. The van der Waals surface area contributed by atoms with Crippen LogP contribution in [0.4, 0.5) is 0 Å². The first kappa shape index (κ1) is 15.5. The molecule has 0 amide bonds. The minimum atomic E-state index is 0.504. The lowest BCUT2D eigenvalue weighted by Gasteiger charge is -2.37. The van der Waals surface area contributed by atoms with Crippen molar-refractivity contribution in [1.82, 2.24) is 10.2 Å². The molecule has 0 heterocycles. The Kier molecular flexibility index (Phi) is 6.06. The average molecular weight is 274 g/mol. The largest absolute Gasteiger partial charge is 0.313 e. The van der Waals surface area contributed by atoms with E-state index in [9.17, 15) is 0 Å². The molecular formula is C18H30N2. The van der Waals surface area contributed by atoms with Crippen LogP contribution in [0, 0.1) is 5.92 Å². The maximum absolute atomic E-state index is 3.63. The summed E-state index contributed by atoms with van der Waals surface area (Å²) in [7, 11) is 0. The van der Waals surface area contributed by atoms with Crippen LogP contribution in [0.5, 0.6) is 0 Å². The first-order chi connectivity index (χ1) is 9.70. The fourth-order valence-electron chi connectivity index (χ4n) is 2.96. The van der Waals surface area contributed by atoms with E-state index in [2.05, 4.69) is 61.3 Å². The Hall–Kier alpha value is -0.860. The van der Waals surface area contributed by atoms with E-state index in [0.717, 1.165) is 19.0 Å². The third kappa shape index (κ3) is 4.32. The van der Waals surface area contributed by atoms with Gasteiger partial charge in [-0.3, -0.25) is 4.90 Å². The SMILES string of the molecule is CCN(CC1CCC1)C(CNC(C)C)c1ccccc1. The summed E-state index contributed by atoms with van der Waals surface area (Å²) in [5.41, 5.74) is 1.45. The summed E-state index contributed by atoms with van der Waals surface area (Å²) in [4.78, 5) is 2.66. The Bertz CT molecular complexity index is 370. The molecule has 0 bridgehead atoms. The first-order valence-electron chi connectivity index (χ1n) is 8.23. The van der Waals surface area contributed by atoms with Crippen molar-refractivity contribution in [3.8, 4) is 0 Å². The molecule has 0 radical (unpaired) electrons. The third-order valence-corrected chi connectivity index (χ3v) is 4.47. The van der Waals surface area contributed by atoms with Gasteiger partial charge in [0.1, 0.15) is 0 Å². The predicted molar refractivity (Wildman–Crippen MR) is 86.9 cm³/mol. The topological polar surface area (TPSA) is 15.3 Å². The van der Waals surface area contributed by atoms with Crippen molar-refractivity contribution in [3.05, 3.63) is 35.9 Å². The van der Waals surface area contributed by atoms with Gasteiger partial charge in [-0.1, -0.05) is 57.5 Å². The van der Waals surface area contributed by atoms with Gasteiger partial charge in [-0.2, -0.15) is 0 Å². The number of hydrogen-bond donors (Lipinski definition) is 1. The van der Waals surface area contributed by atoms with Crippen molar-refractivity contribution >= 4 is 0 Å². The lowest BCUT2D eigenvalue weighted by atomic mass is 9.84. The van der Waals surface area contributed by atoms with Crippen LogP contribution in [-0.2, 0) is 0 Å². The van der Waals surface area contributed by atoms with Crippen LogP contribution in [0.15, 0.2) is 30.3 Å². The lowest BCUT2D eigenvalue weighted by molar-refractivity contribution is 0.135. The normalized spacial score (nSPS) is 17.4. The minimum Gasteiger partial charge on any atom is -0.313 e. The van der Waals surface area contributed by atoms with Crippen molar-refractivity contribution in [1.29, 1.82) is 0 Å². The van der Waals surface area contributed by atoms with E-state index in [0.29, 0.717) is 12.1 Å². The van der Waals surface area contributed by atoms with Gasteiger partial charge in [-0.25, -0.2) is 0 Å². The number of hydrogen-bond acceptors (Lipinski definition) is 2. The number of likely N-dealkylation sites (N-methyl/N-ethyl adjacent to an activating group) is 1. The van der Waals surface area contributed by atoms with Crippen molar-refractivity contribution < 1.29 is 0 Å². The molecule has 2 rings (SSSR count). The summed E-state index contributed by atoms with van der Waals surface area (Å²) >= 11 is 0. The molecular weight excluding hydrogens is 244 g/mol. The summed E-state index contributed by atoms with van der Waals surface area (Å²) in [5, 5.41) is 3.63. The Balaban J connectivity index is 2.06. The molecule has 20 heavy (non-hydrogen) atoms. The molecule has 2 nitrogen and oxygen atoms in total. The van der Waals surface area contributed by atoms with E-state index >= 15 is 0 Å². The second-order valence-corrected chi connectivity index (χ2v) is 6.37. The number of nitrogens with zero attached hydrogens (tertiary/aromatic N) is 1. The summed E-state index contributed by atoms with van der Waals surface area (Å²) in [6, 6.07) is 12.0. The Labute approximate surface area is 124 Å². The van der Waals surface area contributed by atoms with Gasteiger partial charge in [0.25, 0.3) is 0 Å². The van der Waals surface area contributed by atoms with Crippen LogP contribution in [0.25, 0.3) is 0 Å². The maximum atomic E-state index is 3.63. The zero-order valence-electron chi connectivity index (χ0n) is 13.3. The highest BCUT2D eigenvalue weighted by molar-refractivity contribution is 5.19. The third-order valence-electron chi connectivity index (χ3n) is 4.47. The van der Waals surface area contributed by atoms with E-state index < -0.39 is 0 Å². The predicted octanol–water partition coefficient (Wildman–Crippen LogP) is 3.85. The van der Waals surface area contributed by atoms with Gasteiger partial charge in [-0.05, 0) is 30.9 Å². The summed E-state index contributed by atoms with van der Waals surface area (Å²) < 4.78 is 0. The number of rotatable bonds is 8. The van der Waals surface area contributed by atoms with E-state index in [-0.39, 0.29) is 0 Å². The quantitative estimate of drug-likeness (QED) is 0.774. The van der Waals surface area contributed by atoms with Gasteiger partial charge < -0.3 is 5.32 Å². The molecule has 1 N–H and O–H groups in total. The lowest BCUT2D eigenvalue weighted by Crippen LogP contribution is -2.41. The highest BCUT2D eigenvalue weighted by Crippen LogP contribution is 2.30. The zero-order valence-corrected chi connectivity index (χ0v) is 13.3. The highest BCUT2D eigenvalue weighted by Gasteiger charge is 2.25. The van der Waals surface area contributed by atoms with Crippen molar-refractivity contribution in [3.63, 3.8) is 0 Å².